The number of furan rings is 1. The molecule has 14 heavy (non-hydrogen) atoms. The Labute approximate surface area is 85.3 Å². The third-order valence-corrected chi connectivity index (χ3v) is 1.92. The Morgan fingerprint density at radius 3 is 2.79 bits per heavy atom. The van der Waals surface area contributed by atoms with Crippen molar-refractivity contribution in [3.8, 4) is 0 Å². The highest BCUT2D eigenvalue weighted by molar-refractivity contribution is 6.29. The fourth-order valence-corrected chi connectivity index (χ4v) is 1.22. The number of halogens is 1. The Morgan fingerprint density at radius 2 is 2.21 bits per heavy atom. The van der Waals surface area contributed by atoms with E-state index in [0.717, 1.165) is 0 Å². The fraction of sp³-hybridized carbons (Fsp3) is 0. The summed E-state index contributed by atoms with van der Waals surface area (Å²) in [4.78, 5) is 15.5. The average Bonchev–Trinajstić information content (AvgIpc) is 2.65. The van der Waals surface area contributed by atoms with Crippen molar-refractivity contribution in [3.05, 3.63) is 53.2 Å². The van der Waals surface area contributed by atoms with Crippen molar-refractivity contribution in [2.45, 2.75) is 0 Å². The first-order valence-electron chi connectivity index (χ1n) is 3.97. The minimum Gasteiger partial charge on any atom is -0.441 e. The maximum atomic E-state index is 11.7. The van der Waals surface area contributed by atoms with Gasteiger partial charge < -0.3 is 4.42 Å². The first-order valence-corrected chi connectivity index (χ1v) is 4.35. The van der Waals surface area contributed by atoms with Crippen molar-refractivity contribution in [3.63, 3.8) is 0 Å². The highest BCUT2D eigenvalue weighted by atomic mass is 35.5. The lowest BCUT2D eigenvalue weighted by Gasteiger charge is -1.94. The van der Waals surface area contributed by atoms with Crippen LogP contribution in [0.1, 0.15) is 16.1 Å². The Balaban J connectivity index is 2.34. The van der Waals surface area contributed by atoms with Crippen LogP contribution in [0, 0.1) is 0 Å². The summed E-state index contributed by atoms with van der Waals surface area (Å²) in [5.41, 5.74) is 0.485. The molecule has 0 amide bonds. The molecule has 0 bridgehead atoms. The summed E-state index contributed by atoms with van der Waals surface area (Å²) >= 11 is 5.56. The van der Waals surface area contributed by atoms with Gasteiger partial charge in [0.2, 0.25) is 5.78 Å². The van der Waals surface area contributed by atoms with Gasteiger partial charge in [-0.15, -0.1) is 0 Å². The van der Waals surface area contributed by atoms with Crippen LogP contribution in [-0.2, 0) is 0 Å². The molecule has 0 atom stereocenters. The number of hydrogen-bond donors (Lipinski definition) is 0. The van der Waals surface area contributed by atoms with Gasteiger partial charge in [0.1, 0.15) is 0 Å². The molecule has 0 spiro atoms. The fourth-order valence-electron chi connectivity index (χ4n) is 1.08. The van der Waals surface area contributed by atoms with E-state index in [1.807, 2.05) is 0 Å². The number of nitrogens with zero attached hydrogens (tertiary/aromatic N) is 1. The molecule has 2 aromatic rings. The summed E-state index contributed by atoms with van der Waals surface area (Å²) < 4.78 is 4.99. The van der Waals surface area contributed by atoms with Crippen molar-refractivity contribution in [2.24, 2.45) is 0 Å². The van der Waals surface area contributed by atoms with Gasteiger partial charge in [0.05, 0.1) is 0 Å². The normalized spacial score (nSPS) is 10.1. The van der Waals surface area contributed by atoms with Crippen LogP contribution in [0.3, 0.4) is 0 Å². The number of hydrogen-bond acceptors (Lipinski definition) is 3. The van der Waals surface area contributed by atoms with Gasteiger partial charge >= 0.3 is 0 Å². The topological polar surface area (TPSA) is 43.1 Å². The first-order chi connectivity index (χ1) is 6.77. The average molecular weight is 208 g/mol. The van der Waals surface area contributed by atoms with E-state index < -0.39 is 0 Å². The molecule has 0 radical (unpaired) electrons. The molecule has 4 heteroatoms. The number of aromatic nitrogens is 1. The van der Waals surface area contributed by atoms with E-state index in [9.17, 15) is 4.79 Å². The summed E-state index contributed by atoms with van der Waals surface area (Å²) in [5, 5.41) is 0.206. The van der Waals surface area contributed by atoms with Crippen molar-refractivity contribution in [1.82, 2.24) is 4.98 Å². The molecule has 2 aromatic heterocycles. The monoisotopic (exact) mass is 207 g/mol. The minimum atomic E-state index is -0.218. The van der Waals surface area contributed by atoms with Crippen LogP contribution in [0.25, 0.3) is 0 Å². The van der Waals surface area contributed by atoms with Gasteiger partial charge in [0.25, 0.3) is 0 Å². The van der Waals surface area contributed by atoms with E-state index >= 15 is 0 Å². The van der Waals surface area contributed by atoms with Gasteiger partial charge in [0.15, 0.2) is 11.0 Å². The van der Waals surface area contributed by atoms with E-state index in [2.05, 4.69) is 4.98 Å². The molecular weight excluding hydrogens is 202 g/mol. The zero-order valence-electron chi connectivity index (χ0n) is 7.11. The predicted molar refractivity (Wildman–Crippen MR) is 51.4 cm³/mol. The van der Waals surface area contributed by atoms with E-state index in [1.54, 1.807) is 18.3 Å². The van der Waals surface area contributed by atoms with Crippen LogP contribution in [0.2, 0.25) is 5.22 Å². The van der Waals surface area contributed by atoms with Crippen molar-refractivity contribution >= 4 is 17.4 Å². The van der Waals surface area contributed by atoms with Crippen LogP contribution >= 0.6 is 11.6 Å². The second kappa shape index (κ2) is 3.64. The Hall–Kier alpha value is -1.61. The van der Waals surface area contributed by atoms with E-state index in [1.165, 1.54) is 18.3 Å². The maximum absolute atomic E-state index is 11.7. The lowest BCUT2D eigenvalue weighted by Crippen LogP contribution is -1.99. The standard InChI is InChI=1S/C10H6ClNO2/c11-9-4-3-8(14-9)10(13)7-2-1-5-12-6-7/h1-6H. The van der Waals surface area contributed by atoms with Crippen molar-refractivity contribution < 1.29 is 9.21 Å². The lowest BCUT2D eigenvalue weighted by molar-refractivity contribution is 0.101. The number of ketones is 1. The van der Waals surface area contributed by atoms with Gasteiger partial charge in [0, 0.05) is 18.0 Å². The quantitative estimate of drug-likeness (QED) is 0.711. The van der Waals surface area contributed by atoms with E-state index in [0.29, 0.717) is 5.56 Å². The largest absolute Gasteiger partial charge is 0.441 e. The lowest BCUT2D eigenvalue weighted by atomic mass is 10.1. The van der Waals surface area contributed by atoms with Gasteiger partial charge in [-0.3, -0.25) is 9.78 Å². The minimum absolute atomic E-state index is 0.206. The summed E-state index contributed by atoms with van der Waals surface area (Å²) in [6.45, 7) is 0. The Bertz CT molecular complexity index is 450. The molecule has 2 heterocycles. The molecule has 0 aliphatic carbocycles. The highest BCUT2D eigenvalue weighted by Gasteiger charge is 2.12. The molecule has 2 rings (SSSR count). The zero-order valence-corrected chi connectivity index (χ0v) is 7.86. The molecule has 0 fully saturated rings. The van der Waals surface area contributed by atoms with Gasteiger partial charge in [-0.2, -0.15) is 0 Å². The van der Waals surface area contributed by atoms with Crippen LogP contribution in [0.4, 0.5) is 0 Å². The molecule has 0 aliphatic heterocycles. The number of carbonyl (C=O) groups is 1. The number of carbonyl (C=O) groups excluding carboxylic acids is 1. The third kappa shape index (κ3) is 1.67. The van der Waals surface area contributed by atoms with Crippen LogP contribution in [0.5, 0.6) is 0 Å². The molecule has 0 aliphatic rings. The highest BCUT2D eigenvalue weighted by Crippen LogP contribution is 2.16. The molecular formula is C10H6ClNO2. The van der Waals surface area contributed by atoms with Crippen molar-refractivity contribution in [2.75, 3.05) is 0 Å². The van der Waals surface area contributed by atoms with Gasteiger partial charge in [-0.05, 0) is 35.9 Å². The summed E-state index contributed by atoms with van der Waals surface area (Å²) in [6.07, 6.45) is 3.09. The maximum Gasteiger partial charge on any atom is 0.229 e. The molecule has 0 aromatic carbocycles. The molecule has 70 valence electrons. The Kier molecular flexibility index (Phi) is 2.33. The zero-order chi connectivity index (χ0) is 9.97. The van der Waals surface area contributed by atoms with Crippen molar-refractivity contribution in [1.29, 1.82) is 0 Å². The van der Waals surface area contributed by atoms with Crippen LogP contribution in [0.15, 0.2) is 41.1 Å². The molecule has 0 unspecified atom stereocenters. The molecule has 0 saturated carbocycles. The summed E-state index contributed by atoms with van der Waals surface area (Å²) in [5.74, 6) is 0.00741. The van der Waals surface area contributed by atoms with Crippen LogP contribution in [-0.4, -0.2) is 10.8 Å². The second-order valence-corrected chi connectivity index (χ2v) is 3.05. The second-order valence-electron chi connectivity index (χ2n) is 2.67. The molecule has 3 nitrogen and oxygen atoms in total. The van der Waals surface area contributed by atoms with Gasteiger partial charge in [-0.25, -0.2) is 0 Å². The Morgan fingerprint density at radius 1 is 1.36 bits per heavy atom. The molecule has 0 N–H and O–H groups in total. The van der Waals surface area contributed by atoms with Gasteiger partial charge in [-0.1, -0.05) is 0 Å². The smallest absolute Gasteiger partial charge is 0.229 e. The van der Waals surface area contributed by atoms with E-state index in [-0.39, 0.29) is 16.8 Å². The first kappa shape index (κ1) is 8.97. The third-order valence-electron chi connectivity index (χ3n) is 1.72. The summed E-state index contributed by atoms with van der Waals surface area (Å²) in [6, 6.07) is 6.44. The number of pyridine rings is 1. The predicted octanol–water partition coefficient (Wildman–Crippen LogP) is 2.56. The van der Waals surface area contributed by atoms with E-state index in [4.69, 9.17) is 16.0 Å². The number of rotatable bonds is 2. The molecule has 0 saturated heterocycles. The van der Waals surface area contributed by atoms with Crippen LogP contribution < -0.4 is 0 Å². The summed E-state index contributed by atoms with van der Waals surface area (Å²) in [7, 11) is 0. The SMILES string of the molecule is O=C(c1cccnc1)c1ccc(Cl)o1.